The first-order valence-corrected chi connectivity index (χ1v) is 8.57. The maximum Gasteiger partial charge on any atom is 0.361 e. The van der Waals surface area contributed by atoms with Crippen LogP contribution in [0.15, 0.2) is 12.1 Å². The number of alkyl halides is 3. The fourth-order valence-corrected chi connectivity index (χ4v) is 4.14. The summed E-state index contributed by atoms with van der Waals surface area (Å²) in [6.45, 7) is 6.97. The van der Waals surface area contributed by atoms with Crippen LogP contribution < -0.4 is 5.30 Å². The van der Waals surface area contributed by atoms with Crippen LogP contribution in [-0.4, -0.2) is 13.2 Å². The van der Waals surface area contributed by atoms with Crippen molar-refractivity contribution in [2.24, 2.45) is 0 Å². The fraction of sp³-hybridized carbons (Fsp3) is 0.538. The highest BCUT2D eigenvalue weighted by Crippen LogP contribution is 2.51. The minimum atomic E-state index is -3.76. The Morgan fingerprint density at radius 2 is 1.60 bits per heavy atom. The van der Waals surface area contributed by atoms with Crippen molar-refractivity contribution in [1.29, 1.82) is 0 Å². The number of benzene rings is 1. The van der Waals surface area contributed by atoms with Gasteiger partial charge in [-0.15, -0.1) is 0 Å². The monoisotopic (exact) mass is 370 g/mol. The predicted molar refractivity (Wildman–Crippen MR) is 79.2 cm³/mol. The third-order valence-electron chi connectivity index (χ3n) is 2.81. The highest BCUT2D eigenvalue weighted by molar-refractivity contribution is 9.09. The molecule has 0 aromatic heterocycles. The molecule has 0 saturated carbocycles. The standard InChI is InChI=1S/C13H18BrF2O3P/c1-5-18-20(17,19-6-2)12-8-10(4)9(3)7-11(12)13(14,15)16/h7-8H,5-6H2,1-4H3. The molecule has 0 aliphatic carbocycles. The summed E-state index contributed by atoms with van der Waals surface area (Å²) in [6.07, 6.45) is 0. The SMILES string of the molecule is CCOP(=O)(OCC)c1cc(C)c(C)cc1C(F)(F)Br. The van der Waals surface area contributed by atoms with Crippen molar-refractivity contribution in [2.75, 3.05) is 13.2 Å². The molecule has 0 amide bonds. The van der Waals surface area contributed by atoms with Gasteiger partial charge in [-0.1, -0.05) is 0 Å². The molecule has 0 saturated heterocycles. The maximum absolute atomic E-state index is 13.7. The molecule has 20 heavy (non-hydrogen) atoms. The van der Waals surface area contributed by atoms with Crippen LogP contribution in [0, 0.1) is 13.8 Å². The molecule has 0 atom stereocenters. The van der Waals surface area contributed by atoms with E-state index in [9.17, 15) is 13.3 Å². The Hall–Kier alpha value is -0.290. The number of rotatable bonds is 6. The Balaban J connectivity index is 3.55. The molecular weight excluding hydrogens is 353 g/mol. The van der Waals surface area contributed by atoms with Crippen molar-refractivity contribution in [3.63, 3.8) is 0 Å². The van der Waals surface area contributed by atoms with E-state index in [1.165, 1.54) is 12.1 Å². The molecule has 0 bridgehead atoms. The van der Waals surface area contributed by atoms with Gasteiger partial charge in [0.2, 0.25) is 0 Å². The average molecular weight is 371 g/mol. The van der Waals surface area contributed by atoms with E-state index in [2.05, 4.69) is 15.9 Å². The number of hydrogen-bond acceptors (Lipinski definition) is 3. The van der Waals surface area contributed by atoms with E-state index in [4.69, 9.17) is 9.05 Å². The Bertz CT molecular complexity index is 519. The van der Waals surface area contributed by atoms with E-state index < -0.39 is 12.4 Å². The van der Waals surface area contributed by atoms with Gasteiger partial charge in [0.15, 0.2) is 0 Å². The molecule has 0 spiro atoms. The van der Waals surface area contributed by atoms with Crippen molar-refractivity contribution in [2.45, 2.75) is 32.5 Å². The van der Waals surface area contributed by atoms with Crippen molar-refractivity contribution >= 4 is 28.8 Å². The van der Waals surface area contributed by atoms with E-state index in [1.807, 2.05) is 0 Å². The van der Waals surface area contributed by atoms with Gasteiger partial charge in [-0.05, 0) is 66.9 Å². The van der Waals surface area contributed by atoms with Crippen LogP contribution in [-0.2, 0) is 18.4 Å². The molecule has 0 N–H and O–H groups in total. The van der Waals surface area contributed by atoms with Gasteiger partial charge in [-0.3, -0.25) is 4.57 Å². The Morgan fingerprint density at radius 3 is 2.00 bits per heavy atom. The molecule has 3 nitrogen and oxygen atoms in total. The van der Waals surface area contributed by atoms with E-state index in [1.54, 1.807) is 27.7 Å². The molecule has 0 aliphatic rings. The number of hydrogen-bond donors (Lipinski definition) is 0. The summed E-state index contributed by atoms with van der Waals surface area (Å²) < 4.78 is 50.5. The van der Waals surface area contributed by atoms with E-state index in [0.717, 1.165) is 5.56 Å². The summed E-state index contributed by atoms with van der Waals surface area (Å²) in [7, 11) is -3.76. The van der Waals surface area contributed by atoms with Gasteiger partial charge in [0.25, 0.3) is 0 Å². The zero-order valence-corrected chi connectivity index (χ0v) is 14.4. The molecule has 1 aromatic rings. The largest absolute Gasteiger partial charge is 0.361 e. The average Bonchev–Trinajstić information content (AvgIpc) is 2.31. The smallest absolute Gasteiger partial charge is 0.305 e. The summed E-state index contributed by atoms with van der Waals surface area (Å²) in [4.78, 5) is -3.30. The highest BCUT2D eigenvalue weighted by atomic mass is 79.9. The van der Waals surface area contributed by atoms with Gasteiger partial charge in [-0.2, -0.15) is 8.78 Å². The molecule has 7 heteroatoms. The first-order valence-electron chi connectivity index (χ1n) is 6.23. The first kappa shape index (κ1) is 17.8. The maximum atomic E-state index is 13.7. The van der Waals surface area contributed by atoms with Crippen molar-refractivity contribution in [1.82, 2.24) is 0 Å². The van der Waals surface area contributed by atoms with Crippen molar-refractivity contribution < 1.29 is 22.4 Å². The van der Waals surface area contributed by atoms with Crippen LogP contribution in [0.5, 0.6) is 0 Å². The Morgan fingerprint density at radius 1 is 1.15 bits per heavy atom. The topological polar surface area (TPSA) is 35.5 Å². The minimum absolute atomic E-state index is 0.0915. The van der Waals surface area contributed by atoms with Crippen LogP contribution in [0.2, 0.25) is 0 Å². The molecule has 0 unspecified atom stereocenters. The lowest BCUT2D eigenvalue weighted by molar-refractivity contribution is 0.115. The van der Waals surface area contributed by atoms with Gasteiger partial charge in [-0.25, -0.2) is 0 Å². The van der Waals surface area contributed by atoms with Crippen LogP contribution in [0.25, 0.3) is 0 Å². The summed E-state index contributed by atoms with van der Waals surface area (Å²) in [6, 6.07) is 2.76. The number of aryl methyl sites for hydroxylation is 2. The van der Waals surface area contributed by atoms with Crippen LogP contribution >= 0.6 is 23.5 Å². The predicted octanol–water partition coefficient (Wildman–Crippen LogP) is 4.64. The lowest BCUT2D eigenvalue weighted by Crippen LogP contribution is -2.22. The number of halogens is 3. The van der Waals surface area contributed by atoms with E-state index in [0.29, 0.717) is 5.56 Å². The third-order valence-corrected chi connectivity index (χ3v) is 5.39. The second kappa shape index (κ2) is 6.65. The molecule has 1 aromatic carbocycles. The lowest BCUT2D eigenvalue weighted by Gasteiger charge is -2.23. The molecule has 114 valence electrons. The van der Waals surface area contributed by atoms with Gasteiger partial charge in [0, 0.05) is 5.56 Å². The zero-order valence-electron chi connectivity index (χ0n) is 11.9. The summed E-state index contributed by atoms with van der Waals surface area (Å²) in [5.74, 6) is 0. The Kier molecular flexibility index (Phi) is 5.90. The van der Waals surface area contributed by atoms with Gasteiger partial charge < -0.3 is 9.05 Å². The Labute approximate surface area is 126 Å². The third kappa shape index (κ3) is 3.88. The first-order chi connectivity index (χ1) is 9.15. The quantitative estimate of drug-likeness (QED) is 0.540. The van der Waals surface area contributed by atoms with Crippen molar-refractivity contribution in [3.05, 3.63) is 28.8 Å². The van der Waals surface area contributed by atoms with E-state index >= 15 is 0 Å². The van der Waals surface area contributed by atoms with Crippen molar-refractivity contribution in [3.8, 4) is 0 Å². The lowest BCUT2D eigenvalue weighted by atomic mass is 10.1. The minimum Gasteiger partial charge on any atom is -0.305 e. The second-order valence-electron chi connectivity index (χ2n) is 4.28. The zero-order chi connectivity index (χ0) is 15.6. The second-order valence-corrected chi connectivity index (χ2v) is 7.27. The summed E-state index contributed by atoms with van der Waals surface area (Å²) >= 11 is 2.33. The van der Waals surface area contributed by atoms with Crippen LogP contribution in [0.4, 0.5) is 8.78 Å². The molecule has 0 radical (unpaired) electrons. The fourth-order valence-electron chi connectivity index (χ4n) is 1.77. The highest BCUT2D eigenvalue weighted by Gasteiger charge is 2.39. The van der Waals surface area contributed by atoms with E-state index in [-0.39, 0.29) is 24.1 Å². The summed E-state index contributed by atoms with van der Waals surface area (Å²) in [5, 5.41) is -0.0915. The molecular formula is C13H18BrF2O3P. The van der Waals surface area contributed by atoms with Gasteiger partial charge >= 0.3 is 12.4 Å². The van der Waals surface area contributed by atoms with Crippen LogP contribution in [0.3, 0.4) is 0 Å². The molecule has 0 fully saturated rings. The normalized spacial score (nSPS) is 12.8. The summed E-state index contributed by atoms with van der Waals surface area (Å²) in [5.41, 5.74) is 1.05. The van der Waals surface area contributed by atoms with Gasteiger partial charge in [0.1, 0.15) is 0 Å². The van der Waals surface area contributed by atoms with Gasteiger partial charge in [0.05, 0.1) is 18.5 Å². The molecule has 0 heterocycles. The molecule has 1 rings (SSSR count). The van der Waals surface area contributed by atoms with Crippen LogP contribution in [0.1, 0.15) is 30.5 Å². The molecule has 0 aliphatic heterocycles.